The van der Waals surface area contributed by atoms with Gasteiger partial charge in [0.05, 0.1) is 34.0 Å². The summed E-state index contributed by atoms with van der Waals surface area (Å²) in [6.45, 7) is 1.82. The number of nitrogens with two attached hydrogens (primary N) is 1. The number of benzene rings is 2. The van der Waals surface area contributed by atoms with Crippen LogP contribution in [0.15, 0.2) is 18.2 Å². The Morgan fingerprint density at radius 3 is 2.79 bits per heavy atom. The number of aromatic nitrogens is 2. The predicted octanol–water partition coefficient (Wildman–Crippen LogP) is 6.83. The summed E-state index contributed by atoms with van der Waals surface area (Å²) in [7, 11) is 1.64. The van der Waals surface area contributed by atoms with Crippen LogP contribution in [0.2, 0.25) is 0 Å². The molecule has 0 spiro atoms. The standard InChI is InChI=1S/C32H30F6N6O2S/c1-43(17-4-2-9-45-14-17)29-19-10-21(32(36,37)38)24(18-5-6-22(34)27-23(18)20(12-39)28(40)47-27)25(35)26(19)41-30(42-29)46-15-31-7-3-8-44(31)13-16(33)11-31/h5-6,10,16-17H,2-4,7-9,11,13-15,40H2,1H3/t16-,17-,31+/m1/s1. The summed E-state index contributed by atoms with van der Waals surface area (Å²) in [5.41, 5.74) is 2.05. The smallest absolute Gasteiger partial charge is 0.417 e. The van der Waals surface area contributed by atoms with Gasteiger partial charge in [0.2, 0.25) is 0 Å². The monoisotopic (exact) mass is 676 g/mol. The molecule has 15 heteroatoms. The van der Waals surface area contributed by atoms with E-state index in [1.807, 2.05) is 11.0 Å². The van der Waals surface area contributed by atoms with E-state index in [9.17, 15) is 27.2 Å². The van der Waals surface area contributed by atoms with Crippen LogP contribution in [-0.4, -0.2) is 72.6 Å². The summed E-state index contributed by atoms with van der Waals surface area (Å²) in [6, 6.07) is 3.99. The third-order valence-electron chi connectivity index (χ3n) is 9.64. The lowest BCUT2D eigenvalue weighted by Crippen LogP contribution is -2.43. The van der Waals surface area contributed by atoms with Gasteiger partial charge in [0, 0.05) is 43.0 Å². The molecule has 5 heterocycles. The maximum atomic E-state index is 16.9. The molecule has 3 aliphatic heterocycles. The number of hydrogen-bond donors (Lipinski definition) is 1. The highest BCUT2D eigenvalue weighted by Gasteiger charge is 2.49. The molecule has 0 saturated carbocycles. The lowest BCUT2D eigenvalue weighted by molar-refractivity contribution is -0.137. The first-order valence-corrected chi connectivity index (χ1v) is 16.1. The minimum absolute atomic E-state index is 0.00811. The molecule has 0 bridgehead atoms. The highest BCUT2D eigenvalue weighted by Crippen LogP contribution is 2.48. The van der Waals surface area contributed by atoms with E-state index in [1.54, 1.807) is 11.9 Å². The van der Waals surface area contributed by atoms with Crippen molar-refractivity contribution in [1.82, 2.24) is 14.9 Å². The topological polar surface area (TPSA) is 101 Å². The number of thiophene rings is 1. The van der Waals surface area contributed by atoms with Gasteiger partial charge < -0.3 is 20.1 Å². The van der Waals surface area contributed by atoms with Crippen molar-refractivity contribution >= 4 is 43.1 Å². The molecule has 7 rings (SSSR count). The number of nitrogens with zero attached hydrogens (tertiary/aromatic N) is 5. The number of ether oxygens (including phenoxy) is 2. The highest BCUT2D eigenvalue weighted by atomic mass is 32.1. The predicted molar refractivity (Wildman–Crippen MR) is 165 cm³/mol. The molecule has 2 aromatic heterocycles. The largest absolute Gasteiger partial charge is 0.461 e. The molecule has 0 unspecified atom stereocenters. The maximum absolute atomic E-state index is 16.9. The Morgan fingerprint density at radius 1 is 1.26 bits per heavy atom. The van der Waals surface area contributed by atoms with Crippen LogP contribution in [0.5, 0.6) is 6.01 Å². The van der Waals surface area contributed by atoms with Gasteiger partial charge in [-0.25, -0.2) is 13.2 Å². The molecule has 248 valence electrons. The van der Waals surface area contributed by atoms with Crippen LogP contribution in [0.25, 0.3) is 32.1 Å². The number of nitriles is 1. The normalized spacial score (nSPS) is 23.4. The Bertz CT molecular complexity index is 1920. The van der Waals surface area contributed by atoms with E-state index in [0.717, 1.165) is 24.6 Å². The van der Waals surface area contributed by atoms with Crippen molar-refractivity contribution in [3.63, 3.8) is 0 Å². The van der Waals surface area contributed by atoms with E-state index < -0.39 is 46.2 Å². The van der Waals surface area contributed by atoms with Crippen molar-refractivity contribution in [3.05, 3.63) is 41.0 Å². The van der Waals surface area contributed by atoms with Crippen LogP contribution >= 0.6 is 11.3 Å². The summed E-state index contributed by atoms with van der Waals surface area (Å²) in [4.78, 5) is 12.5. The van der Waals surface area contributed by atoms with E-state index in [-0.39, 0.29) is 75.6 Å². The number of anilines is 2. The fraction of sp³-hybridized carbons (Fsp3) is 0.469. The summed E-state index contributed by atoms with van der Waals surface area (Å²) >= 11 is 0.694. The van der Waals surface area contributed by atoms with Crippen LogP contribution in [0.4, 0.5) is 37.2 Å². The van der Waals surface area contributed by atoms with E-state index >= 15 is 4.39 Å². The third kappa shape index (κ3) is 5.30. The van der Waals surface area contributed by atoms with Crippen LogP contribution in [0.3, 0.4) is 0 Å². The lowest BCUT2D eigenvalue weighted by Gasteiger charge is -2.33. The lowest BCUT2D eigenvalue weighted by atomic mass is 9.92. The van der Waals surface area contributed by atoms with Gasteiger partial charge in [-0.05, 0) is 49.9 Å². The molecule has 0 radical (unpaired) electrons. The maximum Gasteiger partial charge on any atom is 0.417 e. The molecule has 47 heavy (non-hydrogen) atoms. The zero-order valence-electron chi connectivity index (χ0n) is 25.3. The number of rotatable bonds is 6. The molecule has 3 saturated heterocycles. The van der Waals surface area contributed by atoms with Gasteiger partial charge in [0.1, 0.15) is 41.0 Å². The van der Waals surface area contributed by atoms with Crippen LogP contribution in [0, 0.1) is 23.0 Å². The molecular weight excluding hydrogens is 646 g/mol. The zero-order valence-corrected chi connectivity index (χ0v) is 26.1. The molecule has 3 fully saturated rings. The Labute approximate surface area is 269 Å². The first kappa shape index (κ1) is 31.7. The molecule has 2 N–H and O–H groups in total. The molecule has 0 aliphatic carbocycles. The minimum atomic E-state index is -5.07. The SMILES string of the molecule is CN(c1nc(OC[C@@]23CCCN2C[C@H](F)C3)nc2c(F)c(-c3ccc(F)c4sc(N)c(C#N)c34)c(C(F)(F)F)cc12)[C@@H]1CCCOC1. The molecule has 8 nitrogen and oxygen atoms in total. The second kappa shape index (κ2) is 11.7. The third-order valence-corrected chi connectivity index (χ3v) is 10.7. The summed E-state index contributed by atoms with van der Waals surface area (Å²) in [6.07, 6.45) is -2.94. The summed E-state index contributed by atoms with van der Waals surface area (Å²) < 4.78 is 102. The van der Waals surface area contributed by atoms with Gasteiger partial charge in [-0.15, -0.1) is 11.3 Å². The quantitative estimate of drug-likeness (QED) is 0.222. The van der Waals surface area contributed by atoms with E-state index in [2.05, 4.69) is 9.97 Å². The van der Waals surface area contributed by atoms with Crippen LogP contribution in [0.1, 0.15) is 43.2 Å². The van der Waals surface area contributed by atoms with Crippen LogP contribution in [-0.2, 0) is 10.9 Å². The Morgan fingerprint density at radius 2 is 2.06 bits per heavy atom. The summed E-state index contributed by atoms with van der Waals surface area (Å²) in [5, 5.41) is 9.24. The first-order chi connectivity index (χ1) is 22.4. The van der Waals surface area contributed by atoms with E-state index in [1.165, 1.54) is 0 Å². The molecular formula is C32H30F6N6O2S. The average Bonchev–Trinajstić information content (AvgIpc) is 3.69. The highest BCUT2D eigenvalue weighted by molar-refractivity contribution is 7.23. The van der Waals surface area contributed by atoms with Crippen LogP contribution < -0.4 is 15.4 Å². The Hall–Kier alpha value is -3.87. The number of nitrogen functional groups attached to an aromatic ring is 1. The molecule has 2 aromatic carbocycles. The fourth-order valence-electron chi connectivity index (χ4n) is 7.37. The molecule has 4 aromatic rings. The van der Waals surface area contributed by atoms with Crippen molar-refractivity contribution in [3.8, 4) is 23.2 Å². The van der Waals surface area contributed by atoms with Crippen molar-refractivity contribution in [2.24, 2.45) is 0 Å². The van der Waals surface area contributed by atoms with E-state index in [0.29, 0.717) is 43.8 Å². The van der Waals surface area contributed by atoms with Crippen molar-refractivity contribution in [2.45, 2.75) is 56.0 Å². The Kier molecular flexibility index (Phi) is 7.88. The molecule has 0 amide bonds. The number of alkyl halides is 4. The number of fused-ring (bicyclic) bond motifs is 3. The zero-order chi connectivity index (χ0) is 33.2. The van der Waals surface area contributed by atoms with Crippen molar-refractivity contribution < 1.29 is 35.8 Å². The number of hydrogen-bond acceptors (Lipinski definition) is 9. The fourth-order valence-corrected chi connectivity index (χ4v) is 8.32. The van der Waals surface area contributed by atoms with Gasteiger partial charge in [-0.3, -0.25) is 4.90 Å². The number of likely N-dealkylation sites (N-methyl/N-ethyl adjacent to an activating group) is 1. The van der Waals surface area contributed by atoms with Gasteiger partial charge in [0.25, 0.3) is 0 Å². The van der Waals surface area contributed by atoms with Gasteiger partial charge in [-0.2, -0.15) is 28.4 Å². The van der Waals surface area contributed by atoms with E-state index in [4.69, 9.17) is 15.2 Å². The minimum Gasteiger partial charge on any atom is -0.461 e. The number of halogens is 6. The molecule has 3 aliphatic rings. The Balaban J connectivity index is 1.45. The van der Waals surface area contributed by atoms with Gasteiger partial charge >= 0.3 is 12.2 Å². The van der Waals surface area contributed by atoms with Gasteiger partial charge in [-0.1, -0.05) is 6.07 Å². The van der Waals surface area contributed by atoms with Crippen molar-refractivity contribution in [1.29, 1.82) is 5.26 Å². The molecule has 3 atom stereocenters. The first-order valence-electron chi connectivity index (χ1n) is 15.3. The van der Waals surface area contributed by atoms with Gasteiger partial charge in [0.15, 0.2) is 5.82 Å². The second-order valence-electron chi connectivity index (χ2n) is 12.4. The van der Waals surface area contributed by atoms with Crippen molar-refractivity contribution in [2.75, 3.05) is 50.6 Å². The summed E-state index contributed by atoms with van der Waals surface area (Å²) in [5.74, 6) is -2.15. The average molecular weight is 677 g/mol. The second-order valence-corrected chi connectivity index (χ2v) is 13.5.